The monoisotopic (exact) mass is 926 g/mol. The molecule has 0 radical (unpaired) electrons. The second kappa shape index (κ2) is 22.7. The van der Waals surface area contributed by atoms with E-state index in [0.717, 1.165) is 71.8 Å². The van der Waals surface area contributed by atoms with Crippen LogP contribution in [-0.4, -0.2) is 90.3 Å². The molecular weight excluding hydrogens is 876 g/mol. The van der Waals surface area contributed by atoms with Gasteiger partial charge in [0.15, 0.2) is 34.0 Å². The number of nitrogens with zero attached hydrogens (tertiary/aromatic N) is 8. The average Bonchev–Trinajstić information content (AvgIpc) is 3.77. The van der Waals surface area contributed by atoms with Crippen molar-refractivity contribution in [3.05, 3.63) is 59.7 Å². The van der Waals surface area contributed by atoms with Crippen LogP contribution >= 0.6 is 31.9 Å². The molecule has 0 unspecified atom stereocenters. The summed E-state index contributed by atoms with van der Waals surface area (Å²) in [5.41, 5.74) is 16.4. The Bertz CT molecular complexity index is 2010. The fraction of sp³-hybridized carbons (Fsp3) is 0.450. The van der Waals surface area contributed by atoms with Gasteiger partial charge in [0.2, 0.25) is 0 Å². The van der Waals surface area contributed by atoms with Crippen molar-refractivity contribution in [2.45, 2.75) is 65.5 Å². The second-order valence-electron chi connectivity index (χ2n) is 13.0. The molecule has 58 heavy (non-hydrogen) atoms. The van der Waals surface area contributed by atoms with Gasteiger partial charge >= 0.3 is 12.0 Å². The van der Waals surface area contributed by atoms with Gasteiger partial charge in [-0.3, -0.25) is 9.13 Å². The molecule has 312 valence electrons. The first-order valence-corrected chi connectivity index (χ1v) is 21.5. The maximum absolute atomic E-state index is 6.09. The van der Waals surface area contributed by atoms with Gasteiger partial charge in [-0.05, 0) is 61.1 Å². The quantitative estimate of drug-likeness (QED) is 0.0499. The highest BCUT2D eigenvalue weighted by molar-refractivity contribution is 9.09. The van der Waals surface area contributed by atoms with Gasteiger partial charge in [0, 0.05) is 10.7 Å². The molecule has 0 saturated carbocycles. The molecule has 0 aliphatic carbocycles. The van der Waals surface area contributed by atoms with Crippen molar-refractivity contribution < 1.29 is 28.4 Å². The van der Waals surface area contributed by atoms with E-state index in [9.17, 15) is 0 Å². The lowest BCUT2D eigenvalue weighted by atomic mass is 10.2. The minimum atomic E-state index is 0.253. The molecule has 0 fully saturated rings. The molecule has 0 spiro atoms. The van der Waals surface area contributed by atoms with Crippen LogP contribution in [0.15, 0.2) is 48.5 Å². The summed E-state index contributed by atoms with van der Waals surface area (Å²) in [6, 6.07) is 17.2. The summed E-state index contributed by atoms with van der Waals surface area (Å²) in [4.78, 5) is 26.3. The van der Waals surface area contributed by atoms with Gasteiger partial charge in [-0.15, -0.1) is 0 Å². The van der Waals surface area contributed by atoms with Crippen LogP contribution in [-0.2, 0) is 13.1 Å². The zero-order valence-electron chi connectivity index (χ0n) is 33.5. The topological polar surface area (TPSA) is 195 Å². The normalized spacial score (nSPS) is 11.0. The molecule has 0 atom stereocenters. The highest BCUT2D eigenvalue weighted by Gasteiger charge is 2.20. The number of unbranched alkanes of at least 4 members (excludes halogenated alkanes) is 2. The number of hydrogen-bond donors (Lipinski definition) is 2. The summed E-state index contributed by atoms with van der Waals surface area (Å²) in [5.74, 6) is 2.23. The SMILES string of the molecule is CCCCOc1nc(N)c2nc(OC)n(Cc3ccc(OCCCBr)cc3)c2n1.CCCCOc1nc(N)c2nc(OC)n(Cc3ccc(OCCCBr)cc3)c2n1. The van der Waals surface area contributed by atoms with E-state index in [4.69, 9.17) is 39.9 Å². The molecule has 18 heteroatoms. The summed E-state index contributed by atoms with van der Waals surface area (Å²) < 4.78 is 37.3. The molecular formula is C40H52Br2N10O6. The van der Waals surface area contributed by atoms with Crippen LogP contribution in [0, 0.1) is 0 Å². The number of hydrogen-bond acceptors (Lipinski definition) is 14. The first kappa shape index (κ1) is 44.0. The molecule has 0 saturated heterocycles. The van der Waals surface area contributed by atoms with E-state index >= 15 is 0 Å². The molecule has 0 amide bonds. The van der Waals surface area contributed by atoms with E-state index < -0.39 is 0 Å². The zero-order chi connectivity index (χ0) is 41.3. The van der Waals surface area contributed by atoms with E-state index in [1.165, 1.54) is 0 Å². The number of nitrogen functional groups attached to an aromatic ring is 2. The van der Waals surface area contributed by atoms with Crippen molar-refractivity contribution in [2.24, 2.45) is 0 Å². The number of imidazole rings is 2. The molecule has 16 nitrogen and oxygen atoms in total. The molecule has 4 N–H and O–H groups in total. The van der Waals surface area contributed by atoms with Crippen LogP contribution in [0.5, 0.6) is 35.5 Å². The van der Waals surface area contributed by atoms with Crippen molar-refractivity contribution >= 4 is 65.8 Å². The van der Waals surface area contributed by atoms with E-state index in [1.807, 2.05) is 57.7 Å². The minimum Gasteiger partial charge on any atom is -0.494 e. The predicted octanol–water partition coefficient (Wildman–Crippen LogP) is 7.62. The van der Waals surface area contributed by atoms with Crippen LogP contribution in [0.4, 0.5) is 11.6 Å². The summed E-state index contributed by atoms with van der Waals surface area (Å²) >= 11 is 6.80. The van der Waals surface area contributed by atoms with Gasteiger partial charge in [-0.1, -0.05) is 82.8 Å². The number of anilines is 2. The lowest BCUT2D eigenvalue weighted by Crippen LogP contribution is -2.07. The van der Waals surface area contributed by atoms with E-state index in [2.05, 4.69) is 75.6 Å². The third-order valence-electron chi connectivity index (χ3n) is 8.58. The smallest absolute Gasteiger partial charge is 0.320 e. The van der Waals surface area contributed by atoms with Crippen LogP contribution in [0.25, 0.3) is 22.3 Å². The zero-order valence-corrected chi connectivity index (χ0v) is 36.6. The number of benzene rings is 2. The summed E-state index contributed by atoms with van der Waals surface area (Å²) in [7, 11) is 3.14. The average molecular weight is 929 g/mol. The lowest BCUT2D eigenvalue weighted by Gasteiger charge is -2.10. The Morgan fingerprint density at radius 3 is 1.24 bits per heavy atom. The fourth-order valence-electron chi connectivity index (χ4n) is 5.54. The van der Waals surface area contributed by atoms with Crippen LogP contribution < -0.4 is 39.9 Å². The van der Waals surface area contributed by atoms with E-state index in [-0.39, 0.29) is 23.7 Å². The minimum absolute atomic E-state index is 0.253. The molecule has 4 aromatic heterocycles. The third kappa shape index (κ3) is 12.0. The van der Waals surface area contributed by atoms with Gasteiger partial charge in [0.25, 0.3) is 12.0 Å². The standard InChI is InChI=1S/2C20H26BrN5O3/c2*1-3-4-11-29-19-24-17(22)16-18(25-19)26(20(23-16)27-2)13-14-6-8-15(9-7-14)28-12-5-10-21/h2*6-9H,3-5,10-13H2,1-2H3,(H2,22,24,25). The van der Waals surface area contributed by atoms with Crippen molar-refractivity contribution in [3.8, 4) is 35.5 Å². The second-order valence-corrected chi connectivity index (χ2v) is 14.6. The molecule has 0 aliphatic rings. The van der Waals surface area contributed by atoms with Crippen molar-refractivity contribution in [2.75, 3.05) is 62.8 Å². The number of nitrogens with two attached hydrogens (primary N) is 2. The summed E-state index contributed by atoms with van der Waals surface area (Å²) in [5, 5.41) is 1.85. The maximum Gasteiger partial charge on any atom is 0.320 e. The Labute approximate surface area is 355 Å². The number of aromatic nitrogens is 8. The largest absolute Gasteiger partial charge is 0.494 e. The van der Waals surface area contributed by atoms with E-state index in [0.29, 0.717) is 73.9 Å². The summed E-state index contributed by atoms with van der Waals surface area (Å²) in [6.45, 7) is 7.69. The Kier molecular flexibility index (Phi) is 17.3. The summed E-state index contributed by atoms with van der Waals surface area (Å²) in [6.07, 6.45) is 5.83. The predicted molar refractivity (Wildman–Crippen MR) is 232 cm³/mol. The highest BCUT2D eigenvalue weighted by atomic mass is 79.9. The fourth-order valence-corrected chi connectivity index (χ4v) is 6.00. The van der Waals surface area contributed by atoms with Gasteiger partial charge in [-0.2, -0.15) is 29.9 Å². The number of alkyl halides is 2. The van der Waals surface area contributed by atoms with Crippen LogP contribution in [0.2, 0.25) is 0 Å². The van der Waals surface area contributed by atoms with Gasteiger partial charge < -0.3 is 39.9 Å². The van der Waals surface area contributed by atoms with Crippen LogP contribution in [0.3, 0.4) is 0 Å². The highest BCUT2D eigenvalue weighted by Crippen LogP contribution is 2.28. The lowest BCUT2D eigenvalue weighted by molar-refractivity contribution is 0.286. The Hall–Kier alpha value is -5.10. The Morgan fingerprint density at radius 1 is 0.517 bits per heavy atom. The van der Waals surface area contributed by atoms with Crippen molar-refractivity contribution in [1.29, 1.82) is 0 Å². The van der Waals surface area contributed by atoms with E-state index in [1.54, 1.807) is 14.2 Å². The Morgan fingerprint density at radius 2 is 0.897 bits per heavy atom. The van der Waals surface area contributed by atoms with Crippen molar-refractivity contribution in [3.63, 3.8) is 0 Å². The molecule has 6 rings (SSSR count). The number of halogens is 2. The number of rotatable bonds is 22. The van der Waals surface area contributed by atoms with Gasteiger partial charge in [-0.25, -0.2) is 0 Å². The first-order chi connectivity index (χ1) is 28.3. The molecule has 6 aromatic rings. The van der Waals surface area contributed by atoms with Gasteiger partial charge in [0.05, 0.1) is 53.7 Å². The number of methoxy groups -OCH3 is 2. The first-order valence-electron chi connectivity index (χ1n) is 19.3. The molecule has 4 heterocycles. The Balaban J connectivity index is 0.000000221. The third-order valence-corrected chi connectivity index (χ3v) is 9.70. The molecule has 0 aliphatic heterocycles. The van der Waals surface area contributed by atoms with Crippen molar-refractivity contribution in [1.82, 2.24) is 39.0 Å². The number of ether oxygens (including phenoxy) is 6. The molecule has 0 bridgehead atoms. The van der Waals surface area contributed by atoms with Crippen LogP contribution in [0.1, 0.15) is 63.5 Å². The van der Waals surface area contributed by atoms with Gasteiger partial charge in [0.1, 0.15) is 11.5 Å². The molecule has 2 aromatic carbocycles. The maximum atomic E-state index is 6.09. The number of fused-ring (bicyclic) bond motifs is 2.